The first-order valence-electron chi connectivity index (χ1n) is 19.2. The quantitative estimate of drug-likeness (QED) is 0.133. The van der Waals surface area contributed by atoms with Gasteiger partial charge in [0.1, 0.15) is 46.6 Å². The van der Waals surface area contributed by atoms with Gasteiger partial charge in [-0.25, -0.2) is 24.2 Å². The van der Waals surface area contributed by atoms with Crippen LogP contribution in [0.1, 0.15) is 92.3 Å². The van der Waals surface area contributed by atoms with Crippen LogP contribution in [-0.2, 0) is 55.9 Å². The van der Waals surface area contributed by atoms with E-state index in [1.807, 2.05) is 0 Å². The number of methoxy groups -OCH3 is 1. The molecule has 20 heteroatoms. The Morgan fingerprint density at radius 1 is 0.883 bits per heavy atom. The predicted octanol–water partition coefficient (Wildman–Crippen LogP) is 2.34. The highest BCUT2D eigenvalue weighted by Crippen LogP contribution is 2.19. The first kappa shape index (κ1) is 48.3. The molecule has 1 aliphatic rings. The topological polar surface area (TPSA) is 259 Å². The number of aryl methyl sites for hydroxylation is 1. The fraction of sp³-hybridized carbons (Fsp3) is 0.525. The Kier molecular flexibility index (Phi) is 18.0. The van der Waals surface area contributed by atoms with Gasteiger partial charge in [0.15, 0.2) is 0 Å². The summed E-state index contributed by atoms with van der Waals surface area (Å²) in [6, 6.07) is 2.83. The SMILES string of the molecule is COC(=O)C1Cc2ccccc2/C=C/C(=O)OC[C@H](NC(=O)OC(C)(C)C)C(=O)N[C@H](CCCCNC(=O)OC(C)(C)C)C(=O)NCC(=O)NCc2nc(c(C)s2)C(=O)N1. The molecule has 0 spiro atoms. The van der Waals surface area contributed by atoms with E-state index in [1.165, 1.54) is 13.2 Å². The van der Waals surface area contributed by atoms with Crippen molar-refractivity contribution in [2.75, 3.05) is 26.8 Å². The van der Waals surface area contributed by atoms with E-state index < -0.39 is 90.2 Å². The van der Waals surface area contributed by atoms with Crippen LogP contribution in [0.3, 0.4) is 0 Å². The number of carbonyl (C=O) groups excluding carboxylic acids is 8. The molecule has 2 aromatic rings. The number of aromatic nitrogens is 1. The van der Waals surface area contributed by atoms with Gasteiger partial charge in [-0.15, -0.1) is 11.3 Å². The molecule has 19 nitrogen and oxygen atoms in total. The number of alkyl carbamates (subject to hydrolysis) is 2. The van der Waals surface area contributed by atoms with E-state index in [2.05, 4.69) is 36.9 Å². The molecule has 0 saturated heterocycles. The molecule has 6 N–H and O–H groups in total. The van der Waals surface area contributed by atoms with E-state index in [9.17, 15) is 38.4 Å². The molecule has 0 aliphatic carbocycles. The number of hydrogen-bond donors (Lipinski definition) is 6. The smallest absolute Gasteiger partial charge is 0.408 e. The number of rotatable bonds is 7. The zero-order chi connectivity index (χ0) is 44.6. The first-order valence-corrected chi connectivity index (χ1v) is 20.0. The summed E-state index contributed by atoms with van der Waals surface area (Å²) >= 11 is 1.15. The highest BCUT2D eigenvalue weighted by molar-refractivity contribution is 7.11. The molecule has 1 unspecified atom stereocenters. The van der Waals surface area contributed by atoms with Crippen molar-refractivity contribution in [3.05, 3.63) is 57.0 Å². The fourth-order valence-corrected chi connectivity index (χ4v) is 6.32. The summed E-state index contributed by atoms with van der Waals surface area (Å²) in [4.78, 5) is 109. The summed E-state index contributed by atoms with van der Waals surface area (Å²) in [7, 11) is 1.18. The van der Waals surface area contributed by atoms with Crippen molar-refractivity contribution in [3.8, 4) is 0 Å². The Labute approximate surface area is 352 Å². The second-order valence-corrected chi connectivity index (χ2v) is 16.9. The molecule has 328 valence electrons. The van der Waals surface area contributed by atoms with E-state index >= 15 is 0 Å². The highest BCUT2D eigenvalue weighted by atomic mass is 32.1. The third-order valence-electron chi connectivity index (χ3n) is 8.21. The van der Waals surface area contributed by atoms with Crippen molar-refractivity contribution in [2.45, 2.75) is 110 Å². The monoisotopic (exact) mass is 857 g/mol. The zero-order valence-corrected chi connectivity index (χ0v) is 35.9. The van der Waals surface area contributed by atoms with Crippen LogP contribution in [-0.4, -0.2) is 109 Å². The molecule has 2 bridgehead atoms. The third kappa shape index (κ3) is 17.0. The molecule has 3 atom stereocenters. The van der Waals surface area contributed by atoms with Crippen molar-refractivity contribution in [2.24, 2.45) is 0 Å². The average Bonchev–Trinajstić information content (AvgIpc) is 3.54. The van der Waals surface area contributed by atoms with Crippen LogP contribution >= 0.6 is 11.3 Å². The number of esters is 2. The number of unbranched alkanes of at least 4 members (excludes halogenated alkanes) is 1. The van der Waals surface area contributed by atoms with Gasteiger partial charge in [0.05, 0.1) is 20.2 Å². The van der Waals surface area contributed by atoms with Crippen molar-refractivity contribution in [3.63, 3.8) is 0 Å². The number of amides is 6. The standard InChI is InChI=1S/C40H55N7O12S/c1-23-32-35(52)45-27(36(53)56-8)19-25-14-10-9-13-24(25)16-17-31(49)57-22-28(46-38(55)59-40(5,6)7)34(51)44-26(15-11-12-18-41-37(54)58-39(2,3)4)33(50)43-20-29(48)42-21-30(47-32)60-23/h9-10,13-14,16-17,26-28H,11-12,15,18-22H2,1-8H3,(H,41,54)(H,42,48)(H,43,50)(H,44,51)(H,45,52)(H,46,55)/b17-16+/t26-,27?,28+/m1/s1. The molecule has 1 aromatic carbocycles. The summed E-state index contributed by atoms with van der Waals surface area (Å²) in [6.45, 7) is 10.6. The average molecular weight is 858 g/mol. The molecule has 2 heterocycles. The van der Waals surface area contributed by atoms with Crippen molar-refractivity contribution >= 4 is 65.2 Å². The minimum atomic E-state index is -1.54. The molecule has 0 fully saturated rings. The minimum Gasteiger partial charge on any atom is -0.467 e. The van der Waals surface area contributed by atoms with Crippen LogP contribution in [0.2, 0.25) is 0 Å². The Morgan fingerprint density at radius 2 is 1.57 bits per heavy atom. The third-order valence-corrected chi connectivity index (χ3v) is 9.18. The van der Waals surface area contributed by atoms with Crippen molar-refractivity contribution in [1.29, 1.82) is 0 Å². The summed E-state index contributed by atoms with van der Waals surface area (Å²) in [5, 5.41) is 15.8. The van der Waals surface area contributed by atoms with Gasteiger partial charge in [-0.05, 0) is 84.9 Å². The van der Waals surface area contributed by atoms with Gasteiger partial charge in [-0.3, -0.25) is 19.2 Å². The van der Waals surface area contributed by atoms with Gasteiger partial charge in [0.25, 0.3) is 5.91 Å². The van der Waals surface area contributed by atoms with Gasteiger partial charge < -0.3 is 50.8 Å². The fourth-order valence-electron chi connectivity index (χ4n) is 5.45. The van der Waals surface area contributed by atoms with Gasteiger partial charge in [0.2, 0.25) is 17.7 Å². The molecule has 0 saturated carbocycles. The number of nitrogens with one attached hydrogen (secondary N) is 6. The van der Waals surface area contributed by atoms with Gasteiger partial charge in [-0.1, -0.05) is 24.3 Å². The Balaban J connectivity index is 1.93. The van der Waals surface area contributed by atoms with Crippen LogP contribution in [0.25, 0.3) is 6.08 Å². The first-order chi connectivity index (χ1) is 28.1. The normalized spacial score (nSPS) is 19.3. The second kappa shape index (κ2) is 22.4. The van der Waals surface area contributed by atoms with E-state index in [1.54, 1.807) is 72.7 Å². The van der Waals surface area contributed by atoms with Crippen LogP contribution in [0.5, 0.6) is 0 Å². The molecule has 0 radical (unpaired) electrons. The Morgan fingerprint density at radius 3 is 2.25 bits per heavy atom. The lowest BCUT2D eigenvalue weighted by atomic mass is 9.99. The maximum atomic E-state index is 13.7. The van der Waals surface area contributed by atoms with Gasteiger partial charge >= 0.3 is 24.1 Å². The predicted molar refractivity (Wildman–Crippen MR) is 218 cm³/mol. The van der Waals surface area contributed by atoms with E-state index in [0.717, 1.165) is 17.4 Å². The van der Waals surface area contributed by atoms with Crippen molar-refractivity contribution < 1.29 is 57.3 Å². The Hall–Kier alpha value is -6.05. The number of carbonyl (C=O) groups is 8. The van der Waals surface area contributed by atoms with Crippen LogP contribution in [0.4, 0.5) is 9.59 Å². The van der Waals surface area contributed by atoms with E-state index in [-0.39, 0.29) is 31.6 Å². The summed E-state index contributed by atoms with van der Waals surface area (Å²) in [5.41, 5.74) is -0.573. The summed E-state index contributed by atoms with van der Waals surface area (Å²) < 4.78 is 20.9. The van der Waals surface area contributed by atoms with Crippen LogP contribution in [0, 0.1) is 6.92 Å². The number of cyclic esters (lactones) is 1. The zero-order valence-electron chi connectivity index (χ0n) is 35.1. The lowest BCUT2D eigenvalue weighted by Crippen LogP contribution is -2.56. The molecule has 1 aliphatic heterocycles. The number of hydrogen-bond acceptors (Lipinski definition) is 14. The highest BCUT2D eigenvalue weighted by Gasteiger charge is 2.30. The summed E-state index contributed by atoms with van der Waals surface area (Å²) in [6.07, 6.45) is 1.57. The maximum absolute atomic E-state index is 13.7. The van der Waals surface area contributed by atoms with E-state index in [0.29, 0.717) is 33.9 Å². The molecule has 1 aromatic heterocycles. The number of ether oxygens (including phenoxy) is 4. The number of benzene rings is 1. The molecule has 6 amide bonds. The number of fused-ring (bicyclic) bond motifs is 3. The summed E-state index contributed by atoms with van der Waals surface area (Å²) in [5.74, 6) is -4.56. The Bertz CT molecular complexity index is 1920. The minimum absolute atomic E-state index is 0.0325. The molecular formula is C40H55N7O12S. The molecular weight excluding hydrogens is 803 g/mol. The lowest BCUT2D eigenvalue weighted by Gasteiger charge is -2.25. The van der Waals surface area contributed by atoms with E-state index in [4.69, 9.17) is 18.9 Å². The largest absolute Gasteiger partial charge is 0.467 e. The van der Waals surface area contributed by atoms with Gasteiger partial charge in [-0.2, -0.15) is 0 Å². The number of thiazole rings is 1. The maximum Gasteiger partial charge on any atom is 0.408 e. The van der Waals surface area contributed by atoms with Crippen LogP contribution < -0.4 is 31.9 Å². The molecule has 60 heavy (non-hydrogen) atoms. The van der Waals surface area contributed by atoms with Gasteiger partial charge in [0, 0.05) is 23.9 Å². The molecule has 3 rings (SSSR count). The van der Waals surface area contributed by atoms with Crippen LogP contribution in [0.15, 0.2) is 30.3 Å². The number of nitrogens with zero attached hydrogens (tertiary/aromatic N) is 1. The lowest BCUT2D eigenvalue weighted by molar-refractivity contribution is -0.143. The second-order valence-electron chi connectivity index (χ2n) is 15.6. The van der Waals surface area contributed by atoms with Crippen molar-refractivity contribution in [1.82, 2.24) is 36.9 Å².